The van der Waals surface area contributed by atoms with E-state index >= 15 is 0 Å². The topological polar surface area (TPSA) is 390 Å². The molecule has 1 unspecified atom stereocenters. The van der Waals surface area contributed by atoms with Crippen LogP contribution in [0.5, 0.6) is 0 Å². The predicted molar refractivity (Wildman–Crippen MR) is 275 cm³/mol. The summed E-state index contributed by atoms with van der Waals surface area (Å²) < 4.78 is 27.2. The average Bonchev–Trinajstić information content (AvgIpc) is 3.69. The quantitative estimate of drug-likeness (QED) is 0.0203. The van der Waals surface area contributed by atoms with E-state index in [1.165, 1.54) is 4.90 Å². The van der Waals surface area contributed by atoms with Crippen molar-refractivity contribution < 1.29 is 92.4 Å². The summed E-state index contributed by atoms with van der Waals surface area (Å²) in [5, 5.41) is 61.8. The molecule has 0 aromatic heterocycles. The van der Waals surface area contributed by atoms with E-state index in [9.17, 15) is 63.6 Å². The number of aliphatic hydroxyl groups is 5. The number of primary amides is 1. The number of benzene rings is 1. The number of carbonyl (C=O) groups excluding carboxylic acids is 9. The Morgan fingerprint density at radius 1 is 0.740 bits per heavy atom. The zero-order valence-corrected chi connectivity index (χ0v) is 44.9. The highest BCUT2D eigenvalue weighted by atomic mass is 16.6. The van der Waals surface area contributed by atoms with Gasteiger partial charge >= 0.3 is 12.0 Å². The Bertz CT molecular complexity index is 2010. The molecular weight excluding hydrogens is 1010 g/mol. The van der Waals surface area contributed by atoms with Crippen LogP contribution in [-0.2, 0) is 68.6 Å². The minimum atomic E-state index is -1.95. The highest BCUT2D eigenvalue weighted by molar-refractivity contribution is 6.03. The number of urea groups is 1. The normalized spacial score (nSPS) is 16.3. The van der Waals surface area contributed by atoms with E-state index in [-0.39, 0.29) is 147 Å². The van der Waals surface area contributed by atoms with Crippen molar-refractivity contribution in [2.24, 2.45) is 29.4 Å². The van der Waals surface area contributed by atoms with Crippen LogP contribution in [-0.4, -0.2) is 199 Å². The molecule has 1 aliphatic heterocycles. The fourth-order valence-electron chi connectivity index (χ4n) is 7.67. The maximum Gasteiger partial charge on any atom is 0.312 e. The van der Waals surface area contributed by atoms with Gasteiger partial charge in [0, 0.05) is 62.7 Å². The van der Waals surface area contributed by atoms with Crippen molar-refractivity contribution in [2.45, 2.75) is 129 Å². The summed E-state index contributed by atoms with van der Waals surface area (Å²) in [5.41, 5.74) is 6.27. The second-order valence-corrected chi connectivity index (χ2v) is 19.1. The molecule has 0 saturated carbocycles. The van der Waals surface area contributed by atoms with Crippen LogP contribution in [0.15, 0.2) is 24.3 Å². The van der Waals surface area contributed by atoms with Crippen molar-refractivity contribution in [3.63, 3.8) is 0 Å². The molecule has 0 aliphatic carbocycles. The number of nitrogens with zero attached hydrogens (tertiary/aromatic N) is 1. The zero-order chi connectivity index (χ0) is 57.5. The molecule has 0 spiro atoms. The Morgan fingerprint density at radius 3 is 1.90 bits per heavy atom. The third-order valence-electron chi connectivity index (χ3n) is 12.3. The fourth-order valence-corrected chi connectivity index (χ4v) is 7.67. The summed E-state index contributed by atoms with van der Waals surface area (Å²) in [6.45, 7) is 8.98. The number of likely N-dealkylation sites (tertiary alicyclic amines) is 1. The van der Waals surface area contributed by atoms with E-state index < -0.39 is 103 Å². The van der Waals surface area contributed by atoms with Gasteiger partial charge in [0.1, 0.15) is 31.0 Å². The summed E-state index contributed by atoms with van der Waals surface area (Å²) in [5.74, 6) is -5.76. The van der Waals surface area contributed by atoms with E-state index in [0.29, 0.717) is 11.3 Å². The first-order chi connectivity index (χ1) is 36.6. The maximum atomic E-state index is 14.0. The van der Waals surface area contributed by atoms with Gasteiger partial charge in [-0.25, -0.2) is 4.79 Å². The third kappa shape index (κ3) is 26.5. The molecule has 1 heterocycles. The average molecular weight is 1100 g/mol. The van der Waals surface area contributed by atoms with E-state index in [2.05, 4.69) is 26.6 Å². The molecule has 8 atom stereocenters. The molecule has 26 nitrogen and oxygen atoms in total. The van der Waals surface area contributed by atoms with Gasteiger partial charge in [-0.3, -0.25) is 43.3 Å². The first-order valence-corrected chi connectivity index (χ1v) is 26.1. The van der Waals surface area contributed by atoms with Crippen molar-refractivity contribution in [3.8, 4) is 0 Å². The number of nitrogens with one attached hydrogen (secondary N) is 5. The van der Waals surface area contributed by atoms with E-state index in [0.717, 1.165) is 0 Å². The summed E-state index contributed by atoms with van der Waals surface area (Å²) in [4.78, 5) is 117. The number of ketones is 1. The molecule has 12 N–H and O–H groups in total. The number of imide groups is 1. The lowest BCUT2D eigenvalue weighted by atomic mass is 9.89. The van der Waals surface area contributed by atoms with Crippen LogP contribution in [0.1, 0.15) is 91.5 Å². The summed E-state index contributed by atoms with van der Waals surface area (Å²) in [7, 11) is 0. The Balaban J connectivity index is 2.01. The molecule has 2 rings (SSSR count). The third-order valence-corrected chi connectivity index (χ3v) is 12.3. The van der Waals surface area contributed by atoms with Gasteiger partial charge in [0.05, 0.1) is 78.2 Å². The van der Waals surface area contributed by atoms with E-state index in [1.54, 1.807) is 45.0 Å². The number of hydrogen-bond acceptors (Lipinski definition) is 19. The summed E-state index contributed by atoms with van der Waals surface area (Å²) in [6.07, 6.45) is -7.97. The van der Waals surface area contributed by atoms with Crippen LogP contribution in [0.25, 0.3) is 0 Å². The number of rotatable bonds is 41. The Kier molecular flexibility index (Phi) is 32.5. The van der Waals surface area contributed by atoms with Gasteiger partial charge in [0.15, 0.2) is 5.78 Å². The molecule has 8 amide bonds. The molecule has 436 valence electrons. The maximum absolute atomic E-state index is 14.0. The van der Waals surface area contributed by atoms with Gasteiger partial charge in [-0.1, -0.05) is 46.8 Å². The second-order valence-electron chi connectivity index (χ2n) is 19.1. The van der Waals surface area contributed by atoms with Crippen molar-refractivity contribution in [1.82, 2.24) is 26.2 Å². The minimum Gasteiger partial charge on any atom is -0.461 e. The van der Waals surface area contributed by atoms with E-state index in [4.69, 9.17) is 34.5 Å². The number of carbonyl (C=O) groups is 9. The molecule has 1 aliphatic rings. The second kappa shape index (κ2) is 37.2. The van der Waals surface area contributed by atoms with Crippen LogP contribution in [0, 0.1) is 23.7 Å². The van der Waals surface area contributed by atoms with Crippen molar-refractivity contribution in [3.05, 3.63) is 29.8 Å². The molecule has 77 heavy (non-hydrogen) atoms. The largest absolute Gasteiger partial charge is 0.461 e. The van der Waals surface area contributed by atoms with Crippen molar-refractivity contribution in [1.29, 1.82) is 0 Å². The standard InChI is InChI=1S/C51H83N7O19/c1-6-44(66)77-30-33-9-11-35(12-10-33)55-48(69)34(8-7-16-53-51(52)72)26-38(60)45(32(4)5)57-49(70)37(13-14-41(63)54-28-39(61)46(67)47(68)40(62)29-59)56-42(64)15-18-73-20-22-75-24-25-76-23-21-74-19-17-58-43(65)27-36(31(2)3)50(58)71/h9-12,31-32,34,36-37,39-40,45-47,59,61-62,67-68H,6-8,13-30H2,1-5H3,(H,54,63)(H,55,69)(H,56,64)(H,57,70)(H3,52,53,72)/t34-,36?,37-,39+,40-,45+,46-,47-/m1/s1. The molecule has 26 heteroatoms. The van der Waals surface area contributed by atoms with Crippen molar-refractivity contribution in [2.75, 3.05) is 84.4 Å². The number of nitrogens with two attached hydrogens (primary N) is 1. The molecular formula is C51H83N7O19. The first-order valence-electron chi connectivity index (χ1n) is 26.1. The summed E-state index contributed by atoms with van der Waals surface area (Å²) >= 11 is 0. The first kappa shape index (κ1) is 67.4. The highest BCUT2D eigenvalue weighted by Crippen LogP contribution is 2.26. The molecule has 1 aromatic carbocycles. The Labute approximate surface area is 449 Å². The molecule has 1 aromatic rings. The minimum absolute atomic E-state index is 0.0337. The lowest BCUT2D eigenvalue weighted by molar-refractivity contribution is -0.144. The molecule has 0 radical (unpaired) electrons. The van der Waals surface area contributed by atoms with Gasteiger partial charge in [0.2, 0.25) is 35.4 Å². The van der Waals surface area contributed by atoms with Crippen LogP contribution in [0.3, 0.4) is 0 Å². The van der Waals surface area contributed by atoms with Crippen LogP contribution in [0.2, 0.25) is 0 Å². The number of amides is 8. The number of Topliss-reactive ketones (excluding diaryl/α,β-unsaturated/α-hetero) is 1. The molecule has 1 saturated heterocycles. The Morgan fingerprint density at radius 2 is 1.34 bits per heavy atom. The van der Waals surface area contributed by atoms with Gasteiger partial charge in [-0.05, 0) is 48.8 Å². The number of anilines is 1. The zero-order valence-electron chi connectivity index (χ0n) is 44.9. The predicted octanol–water partition coefficient (Wildman–Crippen LogP) is -1.45. The van der Waals surface area contributed by atoms with Gasteiger partial charge in [-0.2, -0.15) is 0 Å². The highest BCUT2D eigenvalue weighted by Gasteiger charge is 2.40. The van der Waals surface area contributed by atoms with Crippen LogP contribution in [0.4, 0.5) is 10.5 Å². The Hall–Kier alpha value is -5.71. The number of ether oxygens (including phenoxy) is 5. The fraction of sp³-hybridized carbons (Fsp3) is 0.706. The van der Waals surface area contributed by atoms with Crippen LogP contribution >= 0.6 is 0 Å². The monoisotopic (exact) mass is 1100 g/mol. The van der Waals surface area contributed by atoms with E-state index in [1.807, 2.05) is 13.8 Å². The lowest BCUT2D eigenvalue weighted by Crippen LogP contribution is -2.54. The molecule has 0 bridgehead atoms. The van der Waals surface area contributed by atoms with Gasteiger partial charge < -0.3 is 81.5 Å². The van der Waals surface area contributed by atoms with Crippen LogP contribution < -0.4 is 32.3 Å². The number of hydrogen-bond donors (Lipinski definition) is 11. The van der Waals surface area contributed by atoms with Gasteiger partial charge in [0.25, 0.3) is 0 Å². The molecule has 1 fully saturated rings. The smallest absolute Gasteiger partial charge is 0.312 e. The van der Waals surface area contributed by atoms with Crippen molar-refractivity contribution >= 4 is 58.9 Å². The SMILES string of the molecule is CCC(=O)OCc1ccc(NC(=O)[C@H](CCCNC(N)=O)CC(=O)[C@@H](NC(=O)[C@@H](CCC(=O)NC[C@H](O)[C@@H](O)[C@H](O)[C@H](O)CO)NC(=O)CCOCCOCCOCCOCCN2C(=O)CC(C(C)C)C2=O)C(C)C)cc1. The summed E-state index contributed by atoms with van der Waals surface area (Å²) in [6, 6.07) is 3.15. The number of aliphatic hydroxyl groups excluding tert-OH is 5. The van der Waals surface area contributed by atoms with Gasteiger partial charge in [-0.15, -0.1) is 0 Å². The lowest BCUT2D eigenvalue weighted by Gasteiger charge is -2.27. The number of esters is 1.